The molecule has 1 fully saturated rings. The molecule has 3 rings (SSSR count). The molecule has 0 N–H and O–H groups in total. The number of hydrogen-bond donors (Lipinski definition) is 0. The third kappa shape index (κ3) is 5.35. The standard InChI is InChI=1S/C23H25N3O3S/c1-2-12-26(18-20-10-8-19(17-24)9-11-20)23(27)22(21-6-4-3-5-7-21)25-13-15-30(28,29)16-14-25/h2-11,22H,1,12-16,18H2. The van der Waals surface area contributed by atoms with Gasteiger partial charge in [0, 0.05) is 26.2 Å². The first kappa shape index (κ1) is 21.8. The second-order valence-corrected chi connectivity index (χ2v) is 9.62. The molecule has 1 saturated heterocycles. The van der Waals surface area contributed by atoms with Crippen LogP contribution in [0.4, 0.5) is 0 Å². The van der Waals surface area contributed by atoms with Crippen molar-refractivity contribution in [1.82, 2.24) is 9.80 Å². The molecular formula is C23H25N3O3S. The second kappa shape index (κ2) is 9.70. The number of hydrogen-bond acceptors (Lipinski definition) is 5. The van der Waals surface area contributed by atoms with E-state index in [0.29, 0.717) is 31.7 Å². The highest BCUT2D eigenvalue weighted by atomic mass is 32.2. The molecule has 0 aromatic heterocycles. The van der Waals surface area contributed by atoms with Crippen molar-refractivity contribution < 1.29 is 13.2 Å². The molecule has 156 valence electrons. The fraction of sp³-hybridized carbons (Fsp3) is 0.304. The lowest BCUT2D eigenvalue weighted by Gasteiger charge is -2.36. The summed E-state index contributed by atoms with van der Waals surface area (Å²) in [5.41, 5.74) is 2.32. The van der Waals surface area contributed by atoms with Crippen molar-refractivity contribution in [3.8, 4) is 6.07 Å². The van der Waals surface area contributed by atoms with E-state index in [1.54, 1.807) is 23.1 Å². The fourth-order valence-corrected chi connectivity index (χ4v) is 4.83. The van der Waals surface area contributed by atoms with Gasteiger partial charge in [0.2, 0.25) is 5.91 Å². The number of carbonyl (C=O) groups excluding carboxylic acids is 1. The molecule has 0 bridgehead atoms. The van der Waals surface area contributed by atoms with Crippen molar-refractivity contribution in [3.05, 3.63) is 83.9 Å². The van der Waals surface area contributed by atoms with Crippen molar-refractivity contribution in [1.29, 1.82) is 5.26 Å². The van der Waals surface area contributed by atoms with Crippen LogP contribution < -0.4 is 0 Å². The zero-order valence-corrected chi connectivity index (χ0v) is 17.6. The minimum Gasteiger partial charge on any atom is -0.333 e. The Hall–Kier alpha value is -2.95. The Morgan fingerprint density at radius 1 is 1.13 bits per heavy atom. The number of carbonyl (C=O) groups is 1. The van der Waals surface area contributed by atoms with Gasteiger partial charge in [-0.05, 0) is 23.3 Å². The topological polar surface area (TPSA) is 81.5 Å². The largest absolute Gasteiger partial charge is 0.333 e. The van der Waals surface area contributed by atoms with Crippen molar-refractivity contribution in [2.24, 2.45) is 0 Å². The minimum absolute atomic E-state index is 0.0562. The van der Waals surface area contributed by atoms with Crippen LogP contribution in [0.25, 0.3) is 0 Å². The Balaban J connectivity index is 1.88. The molecular weight excluding hydrogens is 398 g/mol. The van der Waals surface area contributed by atoms with Gasteiger partial charge in [-0.2, -0.15) is 5.26 Å². The van der Waals surface area contributed by atoms with E-state index in [-0.39, 0.29) is 17.4 Å². The summed E-state index contributed by atoms with van der Waals surface area (Å²) in [6, 6.07) is 18.1. The maximum Gasteiger partial charge on any atom is 0.245 e. The number of nitrogens with zero attached hydrogens (tertiary/aromatic N) is 3. The van der Waals surface area contributed by atoms with Gasteiger partial charge in [-0.15, -0.1) is 6.58 Å². The molecule has 1 amide bonds. The molecule has 1 atom stereocenters. The Kier molecular flexibility index (Phi) is 7.03. The SMILES string of the molecule is C=CCN(Cc1ccc(C#N)cc1)C(=O)C(c1ccccc1)N1CCS(=O)(=O)CC1. The summed E-state index contributed by atoms with van der Waals surface area (Å²) in [6.07, 6.45) is 1.68. The van der Waals surface area contributed by atoms with Crippen LogP contribution in [-0.4, -0.2) is 55.3 Å². The first-order valence-corrected chi connectivity index (χ1v) is 11.6. The average Bonchev–Trinajstić information content (AvgIpc) is 2.76. The zero-order valence-electron chi connectivity index (χ0n) is 16.8. The first-order valence-electron chi connectivity index (χ1n) is 9.81. The van der Waals surface area contributed by atoms with E-state index in [4.69, 9.17) is 5.26 Å². The Labute approximate surface area is 178 Å². The van der Waals surface area contributed by atoms with Crippen molar-refractivity contribution in [2.45, 2.75) is 12.6 Å². The zero-order chi connectivity index (χ0) is 21.6. The maximum atomic E-state index is 13.7. The van der Waals surface area contributed by atoms with Gasteiger partial charge in [-0.3, -0.25) is 9.69 Å². The average molecular weight is 424 g/mol. The molecule has 6 nitrogen and oxygen atoms in total. The van der Waals surface area contributed by atoms with Gasteiger partial charge in [0.15, 0.2) is 9.84 Å². The quantitative estimate of drug-likeness (QED) is 0.640. The summed E-state index contributed by atoms with van der Waals surface area (Å²) in [6.45, 7) is 5.19. The number of sulfone groups is 1. The van der Waals surface area contributed by atoms with E-state index in [2.05, 4.69) is 12.6 Å². The number of rotatable bonds is 7. The first-order chi connectivity index (χ1) is 14.4. The number of benzene rings is 2. The summed E-state index contributed by atoms with van der Waals surface area (Å²) in [5.74, 6) is 0.0197. The van der Waals surface area contributed by atoms with Crippen LogP contribution in [0.2, 0.25) is 0 Å². The predicted molar refractivity (Wildman–Crippen MR) is 116 cm³/mol. The van der Waals surface area contributed by atoms with Gasteiger partial charge < -0.3 is 4.90 Å². The van der Waals surface area contributed by atoms with Gasteiger partial charge >= 0.3 is 0 Å². The van der Waals surface area contributed by atoms with Crippen molar-refractivity contribution >= 4 is 15.7 Å². The van der Waals surface area contributed by atoms with E-state index in [0.717, 1.165) is 11.1 Å². The summed E-state index contributed by atoms with van der Waals surface area (Å²) in [7, 11) is -3.05. The van der Waals surface area contributed by atoms with Gasteiger partial charge in [0.1, 0.15) is 6.04 Å². The third-order valence-electron chi connectivity index (χ3n) is 5.21. The monoisotopic (exact) mass is 423 g/mol. The van der Waals surface area contributed by atoms with E-state index in [9.17, 15) is 13.2 Å². The van der Waals surface area contributed by atoms with Crippen LogP contribution in [0.15, 0.2) is 67.3 Å². The lowest BCUT2D eigenvalue weighted by Crippen LogP contribution is -2.48. The summed E-state index contributed by atoms with van der Waals surface area (Å²) in [4.78, 5) is 17.3. The van der Waals surface area contributed by atoms with Gasteiger partial charge in [0.25, 0.3) is 0 Å². The van der Waals surface area contributed by atoms with E-state index in [1.165, 1.54) is 0 Å². The van der Waals surface area contributed by atoms with E-state index < -0.39 is 15.9 Å². The lowest BCUT2D eigenvalue weighted by atomic mass is 10.0. The van der Waals surface area contributed by atoms with Crippen LogP contribution in [0.3, 0.4) is 0 Å². The van der Waals surface area contributed by atoms with Crippen LogP contribution in [0.1, 0.15) is 22.7 Å². The minimum atomic E-state index is -3.05. The summed E-state index contributed by atoms with van der Waals surface area (Å²) < 4.78 is 23.8. The Bertz CT molecular complexity index is 1010. The van der Waals surface area contributed by atoms with Gasteiger partial charge in [-0.25, -0.2) is 8.42 Å². The molecule has 1 heterocycles. The molecule has 0 spiro atoms. The molecule has 1 aliphatic rings. The summed E-state index contributed by atoms with van der Waals surface area (Å²) >= 11 is 0. The maximum absolute atomic E-state index is 13.7. The molecule has 0 aliphatic carbocycles. The van der Waals surface area contributed by atoms with Crippen LogP contribution >= 0.6 is 0 Å². The van der Waals surface area contributed by atoms with Crippen LogP contribution in [0.5, 0.6) is 0 Å². The molecule has 1 unspecified atom stereocenters. The summed E-state index contributed by atoms with van der Waals surface area (Å²) in [5, 5.41) is 8.99. The Morgan fingerprint density at radius 3 is 2.33 bits per heavy atom. The van der Waals surface area contributed by atoms with Crippen molar-refractivity contribution in [3.63, 3.8) is 0 Å². The predicted octanol–water partition coefficient (Wildman–Crippen LogP) is 2.54. The number of nitriles is 1. The molecule has 2 aromatic rings. The molecule has 1 aliphatic heterocycles. The van der Waals surface area contributed by atoms with Gasteiger partial charge in [-0.1, -0.05) is 48.5 Å². The van der Waals surface area contributed by atoms with Crippen molar-refractivity contribution in [2.75, 3.05) is 31.1 Å². The number of amides is 1. The highest BCUT2D eigenvalue weighted by Crippen LogP contribution is 2.26. The molecule has 2 aromatic carbocycles. The van der Waals surface area contributed by atoms with Gasteiger partial charge in [0.05, 0.1) is 23.1 Å². The van der Waals surface area contributed by atoms with Crippen LogP contribution in [0, 0.1) is 11.3 Å². The third-order valence-corrected chi connectivity index (χ3v) is 6.82. The van der Waals surface area contributed by atoms with E-state index in [1.807, 2.05) is 47.4 Å². The normalized spacial score (nSPS) is 16.9. The Morgan fingerprint density at radius 2 is 1.77 bits per heavy atom. The lowest BCUT2D eigenvalue weighted by molar-refractivity contribution is -0.137. The fourth-order valence-electron chi connectivity index (χ4n) is 3.60. The highest BCUT2D eigenvalue weighted by molar-refractivity contribution is 7.91. The van der Waals surface area contributed by atoms with Crippen LogP contribution in [-0.2, 0) is 21.2 Å². The molecule has 7 heteroatoms. The van der Waals surface area contributed by atoms with E-state index >= 15 is 0 Å². The second-order valence-electron chi connectivity index (χ2n) is 7.32. The smallest absolute Gasteiger partial charge is 0.245 e. The highest BCUT2D eigenvalue weighted by Gasteiger charge is 2.34. The molecule has 0 radical (unpaired) electrons. The molecule has 0 saturated carbocycles. The molecule has 30 heavy (non-hydrogen) atoms.